The van der Waals surface area contributed by atoms with E-state index in [1.165, 1.54) is 26.5 Å². The van der Waals surface area contributed by atoms with Crippen molar-refractivity contribution in [1.82, 2.24) is 89.0 Å². The fourth-order valence-electron chi connectivity index (χ4n) is 16.7. The van der Waals surface area contributed by atoms with Crippen LogP contribution in [0.4, 0.5) is 0 Å². The number of aryl methyl sites for hydroxylation is 6. The molecule has 4 unspecified atom stereocenters. The Morgan fingerprint density at radius 3 is 1.25 bits per heavy atom. The molecule has 0 spiro atoms. The largest absolute Gasteiger partial charge is 0.496 e. The van der Waals surface area contributed by atoms with E-state index in [4.69, 9.17) is 14.2 Å². The average Bonchev–Trinajstić information content (AvgIpc) is 1.62. The molecule has 0 aliphatic rings. The number of aromatic nitrogens is 14. The predicted molar refractivity (Wildman–Crippen MR) is 497 cm³/mol. The third-order valence-electron chi connectivity index (χ3n) is 22.6. The molecular weight excluding hydrogens is 1660 g/mol. The number of aromatic amines is 4. The van der Waals surface area contributed by atoms with Gasteiger partial charge in [-0.15, -0.1) is 0 Å². The van der Waals surface area contributed by atoms with E-state index in [1.807, 2.05) is 138 Å². The molecule has 4 amide bonds. The van der Waals surface area contributed by atoms with E-state index in [0.717, 1.165) is 66.8 Å². The van der Waals surface area contributed by atoms with E-state index in [2.05, 4.69) is 89.7 Å². The highest BCUT2D eigenvalue weighted by Crippen LogP contribution is 2.35. The zero-order chi connectivity index (χ0) is 93.0. The van der Waals surface area contributed by atoms with Crippen molar-refractivity contribution >= 4 is 77.5 Å². The van der Waals surface area contributed by atoms with Crippen LogP contribution < -0.4 is 63.3 Å². The normalized spacial score (nSPS) is 12.2. The first-order valence-electron chi connectivity index (χ1n) is 41.9. The number of rotatable bonds is 26. The van der Waals surface area contributed by atoms with Crippen molar-refractivity contribution < 1.29 is 41.8 Å². The van der Waals surface area contributed by atoms with Gasteiger partial charge in [0.15, 0.2) is 0 Å². The lowest BCUT2D eigenvalue weighted by Gasteiger charge is -2.18. The van der Waals surface area contributed by atoms with Crippen molar-refractivity contribution in [2.24, 2.45) is 0 Å². The number of fused-ring (bicyclic) bond motifs is 4. The van der Waals surface area contributed by atoms with E-state index in [0.29, 0.717) is 114 Å². The summed E-state index contributed by atoms with van der Waals surface area (Å²) in [4.78, 5) is 147. The number of methoxy groups -OCH3 is 2. The number of carbonyl (C=O) groups is 4. The number of hydrogen-bond acceptors (Lipinski definition) is 19. The van der Waals surface area contributed by atoms with Gasteiger partial charge in [0.05, 0.1) is 96.3 Å². The number of hydrogen-bond donors (Lipinski definition) is 8. The molecule has 8 N–H and O–H groups in total. The minimum atomic E-state index is -3.23. The lowest BCUT2D eigenvalue weighted by Crippen LogP contribution is -2.28. The molecule has 4 atom stereocenters. The van der Waals surface area contributed by atoms with Gasteiger partial charge in [0, 0.05) is 159 Å². The standard InChI is InChI=1S/C25H27N5O4.C25H27N5O3.C25H26N4O2.C21H26N4O5S/c1-15-12-20(33-4)19(24(31)29-15)13-28-25(32)22-17(3)30(23-18(22)8-7-11-27-23)16(2)14-34-21-9-5-6-10-26-21;1-15-12-16(2)28-24(32)20(15)13-27-25(33)22-18(4)30(23-19(22)8-7-10-26-23)17(3)14-29-11-6-5-9-21(29)31;1-15-12-16(2)28-24(30)21(15)13-27-25(31)23-18(4)29(22-14-26-11-10-20(22)23)17(3)19-8-6-5-7-9-19;1-12-9-17(30-4)16(20(26)24-12)10-23-21(27)18-14(3)25(13(2)11-31(5,28)29)19-15(18)7-6-8-22-19/h5-12,16H,13-14H2,1-4H3,(H,28,32)(H,29,31);5-12,17H,13-14H2,1-4H3,(H,27,33)(H,28,32);5-12,14,17H,13H2,1-4H3,(H,27,31)(H,28,30);6-9,13H,10-11H2,1-5H3,(H,23,27)(H,24,26). The maximum absolute atomic E-state index is 13.3. The molecule has 0 fully saturated rings. The van der Waals surface area contributed by atoms with Crippen LogP contribution in [0, 0.1) is 69.2 Å². The van der Waals surface area contributed by atoms with Crippen molar-refractivity contribution in [2.75, 3.05) is 32.8 Å². The Bertz CT molecular complexity index is 7160. The molecule has 32 nitrogen and oxygen atoms in total. The van der Waals surface area contributed by atoms with Crippen molar-refractivity contribution in [1.29, 1.82) is 0 Å². The van der Waals surface area contributed by atoms with Crippen LogP contribution in [0.3, 0.4) is 0 Å². The minimum absolute atomic E-state index is 0.0249. The quantitative estimate of drug-likeness (QED) is 0.0250. The highest BCUT2D eigenvalue weighted by atomic mass is 32.2. The number of sulfone groups is 1. The van der Waals surface area contributed by atoms with Crippen LogP contribution in [0.1, 0.15) is 178 Å². The fraction of sp³-hybridized carbons (Fsp3) is 0.292. The van der Waals surface area contributed by atoms with Gasteiger partial charge in [-0.05, 0) is 192 Å². The smallest absolute Gasteiger partial charge is 0.256 e. The highest BCUT2D eigenvalue weighted by Gasteiger charge is 2.30. The second-order valence-corrected chi connectivity index (χ2v) is 34.2. The van der Waals surface area contributed by atoms with Crippen LogP contribution in [0.2, 0.25) is 0 Å². The summed E-state index contributed by atoms with van der Waals surface area (Å²) in [5, 5.41) is 14.4. The first kappa shape index (κ1) is 93.3. The Labute approximate surface area is 743 Å². The highest BCUT2D eigenvalue weighted by molar-refractivity contribution is 7.90. The van der Waals surface area contributed by atoms with Gasteiger partial charge in [-0.2, -0.15) is 0 Å². The average molecular weight is 1770 g/mol. The molecule has 0 aliphatic heterocycles. The van der Waals surface area contributed by atoms with Gasteiger partial charge in [-0.25, -0.2) is 28.4 Å². The van der Waals surface area contributed by atoms with Crippen LogP contribution >= 0.6 is 0 Å². The summed E-state index contributed by atoms with van der Waals surface area (Å²) < 4.78 is 49.6. The Morgan fingerprint density at radius 2 is 0.822 bits per heavy atom. The molecule has 33 heteroatoms. The molecule has 0 saturated heterocycles. The molecule has 1 aromatic carbocycles. The summed E-state index contributed by atoms with van der Waals surface area (Å²) in [5.41, 5.74) is 14.3. The number of H-pyrrole nitrogens is 4. The lowest BCUT2D eigenvalue weighted by molar-refractivity contribution is 0.0942. The topological polar surface area (TPSA) is 416 Å². The summed E-state index contributed by atoms with van der Waals surface area (Å²) in [6, 6.07) is 40.0. The van der Waals surface area contributed by atoms with Crippen LogP contribution in [0.15, 0.2) is 201 Å². The van der Waals surface area contributed by atoms with Gasteiger partial charge in [-0.1, -0.05) is 42.5 Å². The van der Waals surface area contributed by atoms with Crippen molar-refractivity contribution in [3.05, 3.63) is 335 Å². The Morgan fingerprint density at radius 1 is 0.426 bits per heavy atom. The molecular formula is C96H106N18O14S. The summed E-state index contributed by atoms with van der Waals surface area (Å²) >= 11 is 0. The summed E-state index contributed by atoms with van der Waals surface area (Å²) in [6.45, 7) is 27.4. The second-order valence-electron chi connectivity index (χ2n) is 32.0. The lowest BCUT2D eigenvalue weighted by atomic mass is 10.1. The van der Waals surface area contributed by atoms with Gasteiger partial charge in [0.1, 0.15) is 44.9 Å². The number of pyridine rings is 10. The second kappa shape index (κ2) is 40.6. The van der Waals surface area contributed by atoms with E-state index < -0.39 is 15.9 Å². The van der Waals surface area contributed by atoms with Crippen molar-refractivity contribution in [3.63, 3.8) is 0 Å². The molecule has 0 saturated carbocycles. The Hall–Kier alpha value is -14.9. The van der Waals surface area contributed by atoms with Crippen molar-refractivity contribution in [2.45, 2.75) is 154 Å². The number of nitrogens with zero attached hydrogens (tertiary/aromatic N) is 10. The monoisotopic (exact) mass is 1770 g/mol. The van der Waals surface area contributed by atoms with Gasteiger partial charge >= 0.3 is 0 Å². The van der Waals surface area contributed by atoms with Crippen LogP contribution in [-0.2, 0) is 42.6 Å². The minimum Gasteiger partial charge on any atom is -0.496 e. The molecule has 0 aliphatic carbocycles. The zero-order valence-corrected chi connectivity index (χ0v) is 75.9. The molecule has 129 heavy (non-hydrogen) atoms. The van der Waals surface area contributed by atoms with Crippen molar-refractivity contribution in [3.8, 4) is 17.4 Å². The van der Waals surface area contributed by atoms with Gasteiger partial charge < -0.3 is 78.2 Å². The molecule has 15 aromatic rings. The summed E-state index contributed by atoms with van der Waals surface area (Å²) in [7, 11) is -0.270. The molecule has 14 aromatic heterocycles. The number of carbonyl (C=O) groups excluding carboxylic acids is 4. The third-order valence-corrected chi connectivity index (χ3v) is 23.7. The van der Waals surface area contributed by atoms with E-state index in [1.54, 1.807) is 129 Å². The van der Waals surface area contributed by atoms with Gasteiger partial charge in [0.2, 0.25) is 5.88 Å². The van der Waals surface area contributed by atoms with Crippen LogP contribution in [-0.4, -0.2) is 133 Å². The maximum Gasteiger partial charge on any atom is 0.256 e. The first-order chi connectivity index (χ1) is 61.6. The van der Waals surface area contributed by atoms with Gasteiger partial charge in [0.25, 0.3) is 51.4 Å². The summed E-state index contributed by atoms with van der Waals surface area (Å²) in [5.74, 6) is 0.126. The third kappa shape index (κ3) is 21.0. The zero-order valence-electron chi connectivity index (χ0n) is 75.1. The summed E-state index contributed by atoms with van der Waals surface area (Å²) in [6.07, 6.45) is 13.1. The number of amides is 4. The maximum atomic E-state index is 13.3. The van der Waals surface area contributed by atoms with E-state index >= 15 is 0 Å². The molecule has 0 radical (unpaired) electrons. The van der Waals surface area contributed by atoms with Gasteiger partial charge in [-0.3, -0.25) is 48.1 Å². The van der Waals surface area contributed by atoms with E-state index in [-0.39, 0.29) is 101 Å². The number of ether oxygens (including phenoxy) is 3. The Balaban J connectivity index is 0.000000156. The number of nitrogens with one attached hydrogen (secondary N) is 8. The fourth-order valence-corrected chi connectivity index (χ4v) is 17.7. The molecule has 670 valence electrons. The SMILES string of the molecule is COc1cc(C)[nH]c(=O)c1CNC(=O)c1c(C)n(C(C)COc2ccccn2)c2ncccc12.COc1cc(C)[nH]c(=O)c1CNC(=O)c1c(C)n(C(C)CS(C)(=O)=O)c2ncccc12.Cc1cc(C)c(CNC(=O)c2c(C)n(C(C)Cn3ccccc3=O)c3ncccc23)c(=O)[nH]1.Cc1cc(C)c(CNC(=O)c2c(C)n(C(C)c3ccccc3)c3cnccc23)c(=O)[nH]1. The van der Waals surface area contributed by atoms with Crippen LogP contribution in [0.5, 0.6) is 17.4 Å². The van der Waals surface area contributed by atoms with Crippen LogP contribution in [0.25, 0.3) is 44.0 Å². The molecule has 14 heterocycles. The Kier molecular flexibility index (Phi) is 29.4. The van der Waals surface area contributed by atoms with E-state index in [9.17, 15) is 51.6 Å². The molecule has 15 rings (SSSR count). The predicted octanol–water partition coefficient (Wildman–Crippen LogP) is 12.4. The molecule has 0 bridgehead atoms. The first-order valence-corrected chi connectivity index (χ1v) is 43.9. The number of benzene rings is 1.